The Bertz CT molecular complexity index is 758. The molecule has 2 aromatic rings. The SMILES string of the molecule is O=C(Nc1ccc(CC(=O)N2CCSCC2)cc1)c1cccc(Cl)c1. The van der Waals surface area contributed by atoms with E-state index in [1.807, 2.05) is 40.9 Å². The predicted octanol–water partition coefficient (Wildman–Crippen LogP) is 3.71. The molecule has 2 aromatic carbocycles. The summed E-state index contributed by atoms with van der Waals surface area (Å²) in [5.41, 5.74) is 2.15. The van der Waals surface area contributed by atoms with Crippen LogP contribution in [0.15, 0.2) is 48.5 Å². The molecule has 1 fully saturated rings. The first-order valence-corrected chi connectivity index (χ1v) is 9.66. The van der Waals surface area contributed by atoms with Crippen molar-refractivity contribution in [1.82, 2.24) is 4.90 Å². The zero-order valence-corrected chi connectivity index (χ0v) is 15.3. The van der Waals surface area contributed by atoms with Crippen LogP contribution in [0.3, 0.4) is 0 Å². The van der Waals surface area contributed by atoms with Crippen molar-refractivity contribution >= 4 is 40.9 Å². The lowest BCUT2D eigenvalue weighted by atomic mass is 10.1. The molecule has 1 saturated heterocycles. The summed E-state index contributed by atoms with van der Waals surface area (Å²) in [5.74, 6) is 1.98. The van der Waals surface area contributed by atoms with Crippen LogP contribution in [0.25, 0.3) is 0 Å². The van der Waals surface area contributed by atoms with Crippen molar-refractivity contribution in [2.45, 2.75) is 6.42 Å². The normalized spacial score (nSPS) is 14.2. The van der Waals surface area contributed by atoms with Gasteiger partial charge in [0.15, 0.2) is 0 Å². The molecule has 25 heavy (non-hydrogen) atoms. The van der Waals surface area contributed by atoms with Gasteiger partial charge in [-0.15, -0.1) is 0 Å². The van der Waals surface area contributed by atoms with Crippen molar-refractivity contribution in [2.75, 3.05) is 29.9 Å². The third-order valence-electron chi connectivity index (χ3n) is 4.02. The predicted molar refractivity (Wildman–Crippen MR) is 103 cm³/mol. The maximum absolute atomic E-state index is 12.3. The van der Waals surface area contributed by atoms with Crippen molar-refractivity contribution in [3.8, 4) is 0 Å². The van der Waals surface area contributed by atoms with E-state index in [4.69, 9.17) is 11.6 Å². The molecule has 0 aromatic heterocycles. The fourth-order valence-corrected chi connectivity index (χ4v) is 3.73. The molecule has 1 aliphatic rings. The second-order valence-electron chi connectivity index (χ2n) is 5.83. The van der Waals surface area contributed by atoms with Gasteiger partial charge in [0, 0.05) is 40.9 Å². The summed E-state index contributed by atoms with van der Waals surface area (Å²) >= 11 is 7.79. The number of thioether (sulfide) groups is 1. The second kappa shape index (κ2) is 8.41. The summed E-state index contributed by atoms with van der Waals surface area (Å²) in [6, 6.07) is 14.2. The van der Waals surface area contributed by atoms with Crippen LogP contribution in [0, 0.1) is 0 Å². The number of hydrogen-bond donors (Lipinski definition) is 1. The average molecular weight is 375 g/mol. The van der Waals surface area contributed by atoms with Gasteiger partial charge in [0.25, 0.3) is 5.91 Å². The fraction of sp³-hybridized carbons (Fsp3) is 0.263. The molecule has 1 N–H and O–H groups in total. The highest BCUT2D eigenvalue weighted by Gasteiger charge is 2.16. The molecule has 0 radical (unpaired) electrons. The van der Waals surface area contributed by atoms with Crippen LogP contribution in [0.2, 0.25) is 5.02 Å². The summed E-state index contributed by atoms with van der Waals surface area (Å²) in [5, 5.41) is 3.36. The van der Waals surface area contributed by atoms with E-state index in [1.54, 1.807) is 24.3 Å². The average Bonchev–Trinajstić information content (AvgIpc) is 2.64. The lowest BCUT2D eigenvalue weighted by molar-refractivity contribution is -0.130. The van der Waals surface area contributed by atoms with Crippen LogP contribution in [0.1, 0.15) is 15.9 Å². The van der Waals surface area contributed by atoms with Gasteiger partial charge in [0.05, 0.1) is 6.42 Å². The molecule has 2 amide bonds. The molecule has 4 nitrogen and oxygen atoms in total. The standard InChI is InChI=1S/C19H19ClN2O2S/c20-16-3-1-2-15(13-16)19(24)21-17-6-4-14(5-7-17)12-18(23)22-8-10-25-11-9-22/h1-7,13H,8-12H2,(H,21,24). The lowest BCUT2D eigenvalue weighted by Crippen LogP contribution is -2.38. The Labute approximate surface area is 156 Å². The third kappa shape index (κ3) is 5.00. The highest BCUT2D eigenvalue weighted by molar-refractivity contribution is 7.99. The Hall–Kier alpha value is -1.98. The van der Waals surface area contributed by atoms with Gasteiger partial charge in [-0.05, 0) is 35.9 Å². The summed E-state index contributed by atoms with van der Waals surface area (Å²) in [6.45, 7) is 1.66. The molecule has 0 saturated carbocycles. The number of hydrogen-bond acceptors (Lipinski definition) is 3. The summed E-state index contributed by atoms with van der Waals surface area (Å²) in [4.78, 5) is 26.4. The highest BCUT2D eigenvalue weighted by Crippen LogP contribution is 2.16. The van der Waals surface area contributed by atoms with Crippen molar-refractivity contribution in [3.05, 3.63) is 64.7 Å². The molecule has 1 aliphatic heterocycles. The van der Waals surface area contributed by atoms with Crippen molar-refractivity contribution in [1.29, 1.82) is 0 Å². The molecular formula is C19H19ClN2O2S. The topological polar surface area (TPSA) is 49.4 Å². The molecular weight excluding hydrogens is 356 g/mol. The quantitative estimate of drug-likeness (QED) is 0.887. The van der Waals surface area contributed by atoms with Gasteiger partial charge in [0.2, 0.25) is 5.91 Å². The third-order valence-corrected chi connectivity index (χ3v) is 5.20. The summed E-state index contributed by atoms with van der Waals surface area (Å²) in [6.07, 6.45) is 0.396. The molecule has 0 unspecified atom stereocenters. The van der Waals surface area contributed by atoms with E-state index in [9.17, 15) is 9.59 Å². The number of halogens is 1. The van der Waals surface area contributed by atoms with Crippen LogP contribution < -0.4 is 5.32 Å². The Morgan fingerprint density at radius 2 is 1.80 bits per heavy atom. The smallest absolute Gasteiger partial charge is 0.255 e. The van der Waals surface area contributed by atoms with E-state index < -0.39 is 0 Å². The molecule has 3 rings (SSSR count). The maximum Gasteiger partial charge on any atom is 0.255 e. The number of amides is 2. The van der Waals surface area contributed by atoms with Crippen LogP contribution in [-0.2, 0) is 11.2 Å². The number of benzene rings is 2. The Morgan fingerprint density at radius 1 is 1.08 bits per heavy atom. The van der Waals surface area contributed by atoms with Crippen LogP contribution in [-0.4, -0.2) is 41.3 Å². The highest BCUT2D eigenvalue weighted by atomic mass is 35.5. The number of anilines is 1. The molecule has 0 bridgehead atoms. The molecule has 0 aliphatic carbocycles. The van der Waals surface area contributed by atoms with Crippen molar-refractivity contribution in [2.24, 2.45) is 0 Å². The first kappa shape index (κ1) is 17.8. The zero-order chi connectivity index (χ0) is 17.6. The van der Waals surface area contributed by atoms with Crippen molar-refractivity contribution < 1.29 is 9.59 Å². The van der Waals surface area contributed by atoms with Gasteiger partial charge in [-0.2, -0.15) is 11.8 Å². The first-order chi connectivity index (χ1) is 12.1. The van der Waals surface area contributed by atoms with Crippen LogP contribution in [0.5, 0.6) is 0 Å². The van der Waals surface area contributed by atoms with Gasteiger partial charge < -0.3 is 10.2 Å². The van der Waals surface area contributed by atoms with E-state index in [-0.39, 0.29) is 11.8 Å². The fourth-order valence-electron chi connectivity index (χ4n) is 2.64. The lowest BCUT2D eigenvalue weighted by Gasteiger charge is -2.26. The minimum Gasteiger partial charge on any atom is -0.341 e. The molecule has 0 atom stereocenters. The Morgan fingerprint density at radius 3 is 2.48 bits per heavy atom. The van der Waals surface area contributed by atoms with E-state index >= 15 is 0 Å². The number of nitrogens with zero attached hydrogens (tertiary/aromatic N) is 1. The first-order valence-electron chi connectivity index (χ1n) is 8.13. The number of carbonyl (C=O) groups excluding carboxylic acids is 2. The Balaban J connectivity index is 1.58. The van der Waals surface area contributed by atoms with E-state index in [0.717, 1.165) is 30.2 Å². The van der Waals surface area contributed by atoms with Gasteiger partial charge in [0.1, 0.15) is 0 Å². The monoisotopic (exact) mass is 374 g/mol. The van der Waals surface area contributed by atoms with Gasteiger partial charge in [-0.1, -0.05) is 29.8 Å². The summed E-state index contributed by atoms with van der Waals surface area (Å²) in [7, 11) is 0. The van der Waals surface area contributed by atoms with E-state index in [0.29, 0.717) is 22.7 Å². The maximum atomic E-state index is 12.3. The molecule has 6 heteroatoms. The molecule has 1 heterocycles. The Kier molecular flexibility index (Phi) is 6.00. The summed E-state index contributed by atoms with van der Waals surface area (Å²) < 4.78 is 0. The minimum atomic E-state index is -0.211. The number of nitrogens with one attached hydrogen (secondary N) is 1. The number of rotatable bonds is 4. The number of carbonyl (C=O) groups is 2. The van der Waals surface area contributed by atoms with Crippen molar-refractivity contribution in [3.63, 3.8) is 0 Å². The van der Waals surface area contributed by atoms with Gasteiger partial charge >= 0.3 is 0 Å². The van der Waals surface area contributed by atoms with E-state index in [2.05, 4.69) is 5.32 Å². The van der Waals surface area contributed by atoms with Gasteiger partial charge in [-0.25, -0.2) is 0 Å². The van der Waals surface area contributed by atoms with Gasteiger partial charge in [-0.3, -0.25) is 9.59 Å². The molecule has 130 valence electrons. The molecule has 0 spiro atoms. The van der Waals surface area contributed by atoms with E-state index in [1.165, 1.54) is 0 Å². The zero-order valence-electron chi connectivity index (χ0n) is 13.7. The van der Waals surface area contributed by atoms with Crippen LogP contribution in [0.4, 0.5) is 5.69 Å². The largest absolute Gasteiger partial charge is 0.341 e. The second-order valence-corrected chi connectivity index (χ2v) is 7.49. The minimum absolute atomic E-state index is 0.163. The van der Waals surface area contributed by atoms with Crippen LogP contribution >= 0.6 is 23.4 Å².